The Morgan fingerprint density at radius 1 is 1.33 bits per heavy atom. The molecule has 2 heterocycles. The lowest BCUT2D eigenvalue weighted by Gasteiger charge is -2.31. The van der Waals surface area contributed by atoms with Gasteiger partial charge in [0.15, 0.2) is 5.89 Å². The average Bonchev–Trinajstić information content (AvgIpc) is 3.09. The van der Waals surface area contributed by atoms with E-state index in [0.29, 0.717) is 37.0 Å². The lowest BCUT2D eigenvalue weighted by molar-refractivity contribution is -0.152. The van der Waals surface area contributed by atoms with Gasteiger partial charge in [0.2, 0.25) is 5.76 Å². The van der Waals surface area contributed by atoms with Crippen molar-refractivity contribution in [2.24, 2.45) is 23.7 Å². The summed E-state index contributed by atoms with van der Waals surface area (Å²) in [7, 11) is 0. The first-order valence-electron chi connectivity index (χ1n) is 8.50. The molecule has 0 radical (unpaired) electrons. The number of aromatic nitrogens is 1. The lowest BCUT2D eigenvalue weighted by Crippen LogP contribution is -2.37. The van der Waals surface area contributed by atoms with Gasteiger partial charge in [0.1, 0.15) is 0 Å². The second-order valence-corrected chi connectivity index (χ2v) is 6.71. The molecular weight excluding hydrogens is 308 g/mol. The number of ether oxygens (including phenoxy) is 1. The van der Waals surface area contributed by atoms with Gasteiger partial charge in [-0.3, -0.25) is 9.59 Å². The van der Waals surface area contributed by atoms with Gasteiger partial charge in [0.25, 0.3) is 5.91 Å². The van der Waals surface area contributed by atoms with Gasteiger partial charge >= 0.3 is 5.97 Å². The van der Waals surface area contributed by atoms with Crippen LogP contribution in [0.3, 0.4) is 0 Å². The fourth-order valence-electron chi connectivity index (χ4n) is 3.93. The van der Waals surface area contributed by atoms with Crippen molar-refractivity contribution < 1.29 is 18.7 Å². The SMILES string of the molecule is CCOC(=O)[C@@H]1[C@H]2CN(C(=O)c3oc(C)nc3C)C[C@@H]2C=C[C@@H]1C. The zero-order valence-electron chi connectivity index (χ0n) is 14.6. The second-order valence-electron chi connectivity index (χ2n) is 6.71. The highest BCUT2D eigenvalue weighted by molar-refractivity contribution is 5.92. The Hall–Kier alpha value is -2.11. The molecule has 1 fully saturated rings. The molecule has 6 nitrogen and oxygen atoms in total. The number of carbonyl (C=O) groups excluding carboxylic acids is 2. The van der Waals surface area contributed by atoms with E-state index in [1.54, 1.807) is 18.7 Å². The number of allylic oxidation sites excluding steroid dienone is 1. The summed E-state index contributed by atoms with van der Waals surface area (Å²) in [5, 5.41) is 0. The highest BCUT2D eigenvalue weighted by Crippen LogP contribution is 2.40. The van der Waals surface area contributed by atoms with Gasteiger partial charge in [-0.1, -0.05) is 19.1 Å². The summed E-state index contributed by atoms with van der Waals surface area (Å²) in [6.45, 7) is 8.87. The summed E-state index contributed by atoms with van der Waals surface area (Å²) in [5.74, 6) is 0.684. The minimum atomic E-state index is -0.199. The predicted octanol–water partition coefficient (Wildman–Crippen LogP) is 2.36. The average molecular weight is 332 g/mol. The van der Waals surface area contributed by atoms with Crippen molar-refractivity contribution in [2.45, 2.75) is 27.7 Å². The Kier molecular flexibility index (Phi) is 4.47. The number of esters is 1. The molecule has 1 aliphatic carbocycles. The van der Waals surface area contributed by atoms with Crippen LogP contribution in [-0.2, 0) is 9.53 Å². The van der Waals surface area contributed by atoms with Gasteiger partial charge in [0, 0.05) is 20.0 Å². The lowest BCUT2D eigenvalue weighted by atomic mass is 9.72. The van der Waals surface area contributed by atoms with Crippen molar-refractivity contribution in [3.8, 4) is 0 Å². The minimum absolute atomic E-state index is 0.0947. The highest BCUT2D eigenvalue weighted by atomic mass is 16.5. The van der Waals surface area contributed by atoms with Gasteiger partial charge in [-0.15, -0.1) is 0 Å². The molecule has 0 aromatic carbocycles. The predicted molar refractivity (Wildman–Crippen MR) is 87.3 cm³/mol. The number of hydrogen-bond acceptors (Lipinski definition) is 5. The number of oxazole rings is 1. The minimum Gasteiger partial charge on any atom is -0.466 e. The standard InChI is InChI=1S/C18H24N2O4/c1-5-23-18(22)15-10(2)6-7-13-8-20(9-14(13)15)17(21)16-11(3)19-12(4)24-16/h6-7,10,13-15H,5,8-9H2,1-4H3/t10-,13-,14-,15-/m0/s1. The van der Waals surface area contributed by atoms with E-state index in [-0.39, 0.29) is 35.5 Å². The largest absolute Gasteiger partial charge is 0.466 e. The molecule has 2 aliphatic rings. The van der Waals surface area contributed by atoms with E-state index in [2.05, 4.69) is 17.1 Å². The van der Waals surface area contributed by atoms with Crippen molar-refractivity contribution in [1.82, 2.24) is 9.88 Å². The second kappa shape index (κ2) is 6.42. The summed E-state index contributed by atoms with van der Waals surface area (Å²) < 4.78 is 10.7. The van der Waals surface area contributed by atoms with E-state index in [9.17, 15) is 9.59 Å². The normalized spacial score (nSPS) is 28.8. The molecule has 1 aromatic heterocycles. The summed E-state index contributed by atoms with van der Waals surface area (Å²) in [6, 6.07) is 0. The van der Waals surface area contributed by atoms with Crippen molar-refractivity contribution in [3.63, 3.8) is 0 Å². The monoisotopic (exact) mass is 332 g/mol. The number of carbonyl (C=O) groups is 2. The highest BCUT2D eigenvalue weighted by Gasteiger charge is 2.46. The van der Waals surface area contributed by atoms with Gasteiger partial charge in [-0.2, -0.15) is 0 Å². The Morgan fingerprint density at radius 3 is 2.71 bits per heavy atom. The fraction of sp³-hybridized carbons (Fsp3) is 0.611. The van der Waals surface area contributed by atoms with Crippen molar-refractivity contribution >= 4 is 11.9 Å². The zero-order chi connectivity index (χ0) is 17.4. The molecule has 1 saturated heterocycles. The van der Waals surface area contributed by atoms with Gasteiger partial charge < -0.3 is 14.1 Å². The first kappa shape index (κ1) is 16.7. The van der Waals surface area contributed by atoms with E-state index in [0.717, 1.165) is 0 Å². The van der Waals surface area contributed by atoms with E-state index in [1.165, 1.54) is 0 Å². The van der Waals surface area contributed by atoms with Crippen LogP contribution in [0.1, 0.15) is 36.0 Å². The van der Waals surface area contributed by atoms with Crippen LogP contribution in [0.2, 0.25) is 0 Å². The Morgan fingerprint density at radius 2 is 2.08 bits per heavy atom. The molecule has 0 unspecified atom stereocenters. The molecule has 0 spiro atoms. The molecule has 0 bridgehead atoms. The Balaban J connectivity index is 1.80. The number of aryl methyl sites for hydroxylation is 2. The Bertz CT molecular complexity index is 679. The number of rotatable bonds is 3. The molecule has 1 aromatic rings. The molecule has 1 amide bonds. The van der Waals surface area contributed by atoms with E-state index >= 15 is 0 Å². The zero-order valence-corrected chi connectivity index (χ0v) is 14.6. The maximum absolute atomic E-state index is 12.8. The molecule has 130 valence electrons. The quantitative estimate of drug-likeness (QED) is 0.627. The Labute approximate surface area is 141 Å². The van der Waals surface area contributed by atoms with Crippen LogP contribution < -0.4 is 0 Å². The summed E-state index contributed by atoms with van der Waals surface area (Å²) in [4.78, 5) is 31.1. The molecule has 0 N–H and O–H groups in total. The summed E-state index contributed by atoms with van der Waals surface area (Å²) in [6.07, 6.45) is 4.21. The molecule has 6 heteroatoms. The first-order chi connectivity index (χ1) is 11.4. The van der Waals surface area contributed by atoms with Crippen molar-refractivity contribution in [2.75, 3.05) is 19.7 Å². The smallest absolute Gasteiger partial charge is 0.309 e. The number of nitrogens with zero attached hydrogens (tertiary/aromatic N) is 2. The summed E-state index contributed by atoms with van der Waals surface area (Å²) in [5.41, 5.74) is 0.609. The third-order valence-corrected chi connectivity index (χ3v) is 5.05. The fourth-order valence-corrected chi connectivity index (χ4v) is 3.93. The van der Waals surface area contributed by atoms with Crippen LogP contribution in [0.15, 0.2) is 16.6 Å². The number of hydrogen-bond donors (Lipinski definition) is 0. The van der Waals surface area contributed by atoms with Crippen molar-refractivity contribution in [3.05, 3.63) is 29.5 Å². The molecule has 1 aliphatic heterocycles. The van der Waals surface area contributed by atoms with Crippen LogP contribution in [0.25, 0.3) is 0 Å². The summed E-state index contributed by atoms with van der Waals surface area (Å²) >= 11 is 0. The third kappa shape index (κ3) is 2.85. The molecule has 24 heavy (non-hydrogen) atoms. The number of amides is 1. The van der Waals surface area contributed by atoms with Crippen LogP contribution in [-0.4, -0.2) is 41.5 Å². The van der Waals surface area contributed by atoms with Gasteiger partial charge in [0.05, 0.1) is 18.2 Å². The molecule has 3 rings (SSSR count). The van der Waals surface area contributed by atoms with Crippen LogP contribution >= 0.6 is 0 Å². The third-order valence-electron chi connectivity index (χ3n) is 5.05. The molecule has 4 atom stereocenters. The first-order valence-corrected chi connectivity index (χ1v) is 8.50. The van der Waals surface area contributed by atoms with Crippen molar-refractivity contribution in [1.29, 1.82) is 0 Å². The van der Waals surface area contributed by atoms with Gasteiger partial charge in [-0.05, 0) is 31.6 Å². The van der Waals surface area contributed by atoms with Gasteiger partial charge in [-0.25, -0.2) is 4.98 Å². The maximum atomic E-state index is 12.8. The van der Waals surface area contributed by atoms with Crippen LogP contribution in [0.5, 0.6) is 0 Å². The molecular formula is C18H24N2O4. The van der Waals surface area contributed by atoms with Crippen LogP contribution in [0.4, 0.5) is 0 Å². The number of likely N-dealkylation sites (tertiary alicyclic amines) is 1. The van der Waals surface area contributed by atoms with E-state index < -0.39 is 0 Å². The van der Waals surface area contributed by atoms with E-state index in [1.807, 2.05) is 13.8 Å². The maximum Gasteiger partial charge on any atom is 0.309 e. The van der Waals surface area contributed by atoms with Crippen LogP contribution in [0, 0.1) is 37.5 Å². The topological polar surface area (TPSA) is 72.6 Å². The van der Waals surface area contributed by atoms with E-state index in [4.69, 9.17) is 9.15 Å². The number of fused-ring (bicyclic) bond motifs is 1. The molecule has 0 saturated carbocycles.